The molecule has 1 aliphatic heterocycles. The molecule has 0 aromatic rings. The zero-order valence-electron chi connectivity index (χ0n) is 10.6. The molecule has 1 rings (SSSR count). The standard InChI is InChI=1S/C12H24N2O2/c1-4-16-10(2)9-14-11(15)12(3)5-7-13-8-6-12/h10,13H,4-9H2,1-3H3,(H,14,15). The van der Waals surface area contributed by atoms with Crippen LogP contribution in [0.15, 0.2) is 0 Å². The molecule has 1 amide bonds. The Bertz CT molecular complexity index is 225. The summed E-state index contributed by atoms with van der Waals surface area (Å²) in [4.78, 5) is 12.0. The molecule has 4 heteroatoms. The normalized spacial score (nSPS) is 21.4. The zero-order valence-corrected chi connectivity index (χ0v) is 10.6. The summed E-state index contributed by atoms with van der Waals surface area (Å²) in [6.45, 7) is 9.17. The predicted octanol–water partition coefficient (Wildman–Crippen LogP) is 0.917. The van der Waals surface area contributed by atoms with E-state index in [0.717, 1.165) is 25.9 Å². The summed E-state index contributed by atoms with van der Waals surface area (Å²) in [5, 5.41) is 6.26. The second-order valence-corrected chi connectivity index (χ2v) is 4.79. The van der Waals surface area contributed by atoms with Gasteiger partial charge in [-0.1, -0.05) is 6.92 Å². The molecule has 1 fully saturated rings. The van der Waals surface area contributed by atoms with Gasteiger partial charge in [0.1, 0.15) is 0 Å². The summed E-state index contributed by atoms with van der Waals surface area (Å²) in [6, 6.07) is 0. The van der Waals surface area contributed by atoms with Gasteiger partial charge >= 0.3 is 0 Å². The molecule has 16 heavy (non-hydrogen) atoms. The van der Waals surface area contributed by atoms with E-state index in [2.05, 4.69) is 17.6 Å². The molecule has 1 heterocycles. The van der Waals surface area contributed by atoms with Gasteiger partial charge < -0.3 is 15.4 Å². The van der Waals surface area contributed by atoms with Crippen molar-refractivity contribution in [3.05, 3.63) is 0 Å². The first-order valence-electron chi connectivity index (χ1n) is 6.19. The van der Waals surface area contributed by atoms with Crippen LogP contribution in [0.4, 0.5) is 0 Å². The van der Waals surface area contributed by atoms with Crippen LogP contribution in [0, 0.1) is 5.41 Å². The molecule has 0 aromatic heterocycles. The van der Waals surface area contributed by atoms with E-state index in [0.29, 0.717) is 13.2 Å². The molecule has 0 aromatic carbocycles. The Balaban J connectivity index is 2.33. The fourth-order valence-corrected chi connectivity index (χ4v) is 2.00. The van der Waals surface area contributed by atoms with Gasteiger partial charge in [0.2, 0.25) is 5.91 Å². The Kier molecular flexibility index (Phi) is 5.22. The number of carbonyl (C=O) groups excluding carboxylic acids is 1. The van der Waals surface area contributed by atoms with E-state index in [-0.39, 0.29) is 17.4 Å². The van der Waals surface area contributed by atoms with E-state index >= 15 is 0 Å². The maximum Gasteiger partial charge on any atom is 0.226 e. The highest BCUT2D eigenvalue weighted by Gasteiger charge is 2.34. The molecule has 0 saturated carbocycles. The molecule has 0 spiro atoms. The maximum atomic E-state index is 12.0. The van der Waals surface area contributed by atoms with Gasteiger partial charge in [-0.25, -0.2) is 0 Å². The quantitative estimate of drug-likeness (QED) is 0.735. The molecule has 94 valence electrons. The number of amides is 1. The first kappa shape index (κ1) is 13.5. The van der Waals surface area contributed by atoms with Crippen molar-refractivity contribution in [2.45, 2.75) is 39.7 Å². The highest BCUT2D eigenvalue weighted by Crippen LogP contribution is 2.27. The molecule has 2 N–H and O–H groups in total. The smallest absolute Gasteiger partial charge is 0.226 e. The van der Waals surface area contributed by atoms with Gasteiger partial charge in [-0.2, -0.15) is 0 Å². The van der Waals surface area contributed by atoms with Gasteiger partial charge in [0.05, 0.1) is 6.10 Å². The van der Waals surface area contributed by atoms with Crippen LogP contribution in [0.25, 0.3) is 0 Å². The van der Waals surface area contributed by atoms with E-state index in [1.165, 1.54) is 0 Å². The zero-order chi connectivity index (χ0) is 12.0. The van der Waals surface area contributed by atoms with Crippen molar-refractivity contribution in [2.24, 2.45) is 5.41 Å². The minimum atomic E-state index is -0.197. The number of hydrogen-bond donors (Lipinski definition) is 2. The fourth-order valence-electron chi connectivity index (χ4n) is 2.00. The Morgan fingerprint density at radius 1 is 1.50 bits per heavy atom. The maximum absolute atomic E-state index is 12.0. The molecule has 1 saturated heterocycles. The molecular weight excluding hydrogens is 204 g/mol. The Morgan fingerprint density at radius 3 is 2.69 bits per heavy atom. The first-order chi connectivity index (χ1) is 7.58. The van der Waals surface area contributed by atoms with Crippen molar-refractivity contribution in [1.29, 1.82) is 0 Å². The molecule has 1 unspecified atom stereocenters. The van der Waals surface area contributed by atoms with Gasteiger partial charge in [0, 0.05) is 18.6 Å². The van der Waals surface area contributed by atoms with E-state index in [4.69, 9.17) is 4.74 Å². The topological polar surface area (TPSA) is 50.4 Å². The summed E-state index contributed by atoms with van der Waals surface area (Å²) in [5.41, 5.74) is -0.197. The van der Waals surface area contributed by atoms with Gasteiger partial charge in [-0.15, -0.1) is 0 Å². The van der Waals surface area contributed by atoms with Crippen LogP contribution in [0.5, 0.6) is 0 Å². The third-order valence-electron chi connectivity index (χ3n) is 3.26. The monoisotopic (exact) mass is 228 g/mol. The Hall–Kier alpha value is -0.610. The number of carbonyl (C=O) groups is 1. The summed E-state index contributed by atoms with van der Waals surface area (Å²) < 4.78 is 5.39. The summed E-state index contributed by atoms with van der Waals surface area (Å²) in [5.74, 6) is 0.167. The van der Waals surface area contributed by atoms with Gasteiger partial charge in [-0.05, 0) is 39.8 Å². The van der Waals surface area contributed by atoms with Crippen LogP contribution in [0.2, 0.25) is 0 Å². The van der Waals surface area contributed by atoms with E-state index in [1.54, 1.807) is 0 Å². The lowest BCUT2D eigenvalue weighted by Crippen LogP contribution is -2.47. The highest BCUT2D eigenvalue weighted by molar-refractivity contribution is 5.82. The Morgan fingerprint density at radius 2 is 2.12 bits per heavy atom. The number of piperidine rings is 1. The van der Waals surface area contributed by atoms with E-state index < -0.39 is 0 Å². The van der Waals surface area contributed by atoms with Gasteiger partial charge in [0.25, 0.3) is 0 Å². The molecular formula is C12H24N2O2. The van der Waals surface area contributed by atoms with Gasteiger partial charge in [0.15, 0.2) is 0 Å². The third kappa shape index (κ3) is 3.76. The van der Waals surface area contributed by atoms with E-state index in [9.17, 15) is 4.79 Å². The van der Waals surface area contributed by atoms with Crippen LogP contribution in [-0.4, -0.2) is 38.3 Å². The lowest BCUT2D eigenvalue weighted by molar-refractivity contribution is -0.132. The van der Waals surface area contributed by atoms with Crippen LogP contribution in [0.1, 0.15) is 33.6 Å². The van der Waals surface area contributed by atoms with Crippen molar-refractivity contribution in [2.75, 3.05) is 26.2 Å². The molecule has 0 bridgehead atoms. The molecule has 1 aliphatic rings. The number of rotatable bonds is 5. The van der Waals surface area contributed by atoms with Crippen LogP contribution in [0.3, 0.4) is 0 Å². The molecule has 4 nitrogen and oxygen atoms in total. The summed E-state index contributed by atoms with van der Waals surface area (Å²) in [7, 11) is 0. The second kappa shape index (κ2) is 6.21. The number of nitrogens with one attached hydrogen (secondary N) is 2. The van der Waals surface area contributed by atoms with Crippen molar-refractivity contribution in [3.63, 3.8) is 0 Å². The first-order valence-corrected chi connectivity index (χ1v) is 6.19. The van der Waals surface area contributed by atoms with Crippen LogP contribution >= 0.6 is 0 Å². The van der Waals surface area contributed by atoms with Crippen LogP contribution < -0.4 is 10.6 Å². The second-order valence-electron chi connectivity index (χ2n) is 4.79. The predicted molar refractivity (Wildman–Crippen MR) is 64.3 cm³/mol. The van der Waals surface area contributed by atoms with Crippen molar-refractivity contribution in [3.8, 4) is 0 Å². The van der Waals surface area contributed by atoms with Gasteiger partial charge in [-0.3, -0.25) is 4.79 Å². The highest BCUT2D eigenvalue weighted by atomic mass is 16.5. The lowest BCUT2D eigenvalue weighted by Gasteiger charge is -2.32. The minimum absolute atomic E-state index is 0.0965. The largest absolute Gasteiger partial charge is 0.377 e. The lowest BCUT2D eigenvalue weighted by atomic mass is 9.80. The fraction of sp³-hybridized carbons (Fsp3) is 0.917. The van der Waals surface area contributed by atoms with Crippen molar-refractivity contribution in [1.82, 2.24) is 10.6 Å². The minimum Gasteiger partial charge on any atom is -0.377 e. The SMILES string of the molecule is CCOC(C)CNC(=O)C1(C)CCNCC1. The molecule has 1 atom stereocenters. The Labute approximate surface area is 98.1 Å². The summed E-state index contributed by atoms with van der Waals surface area (Å²) in [6.07, 6.45) is 1.93. The average Bonchev–Trinajstić information content (AvgIpc) is 2.27. The molecule has 0 aliphatic carbocycles. The number of ether oxygens (including phenoxy) is 1. The van der Waals surface area contributed by atoms with E-state index in [1.807, 2.05) is 13.8 Å². The van der Waals surface area contributed by atoms with Crippen molar-refractivity contribution >= 4 is 5.91 Å². The number of hydrogen-bond acceptors (Lipinski definition) is 3. The molecule has 0 radical (unpaired) electrons. The van der Waals surface area contributed by atoms with Crippen LogP contribution in [-0.2, 0) is 9.53 Å². The summed E-state index contributed by atoms with van der Waals surface area (Å²) >= 11 is 0. The third-order valence-corrected chi connectivity index (χ3v) is 3.26. The average molecular weight is 228 g/mol. The van der Waals surface area contributed by atoms with Crippen molar-refractivity contribution < 1.29 is 9.53 Å².